The van der Waals surface area contributed by atoms with Crippen LogP contribution in [0.1, 0.15) is 18.4 Å². The van der Waals surface area contributed by atoms with Gasteiger partial charge in [0, 0.05) is 30.8 Å². The van der Waals surface area contributed by atoms with Gasteiger partial charge in [-0.15, -0.1) is 0 Å². The third kappa shape index (κ3) is 2.62. The Kier molecular flexibility index (Phi) is 3.71. The fraction of sp³-hybridized carbons (Fsp3) is 0.500. The van der Waals surface area contributed by atoms with Gasteiger partial charge in [0.1, 0.15) is 0 Å². The Morgan fingerprint density at radius 1 is 1.47 bits per heavy atom. The van der Waals surface area contributed by atoms with Gasteiger partial charge in [0.25, 0.3) is 5.69 Å². The first-order valence-electron chi connectivity index (χ1n) is 5.89. The minimum Gasteiger partial charge on any atom is -0.329 e. The molecule has 5 nitrogen and oxygen atoms in total. The van der Waals surface area contributed by atoms with Crippen LogP contribution in [0.2, 0.25) is 0 Å². The van der Waals surface area contributed by atoms with E-state index in [1.54, 1.807) is 12.1 Å². The zero-order valence-corrected chi connectivity index (χ0v) is 9.71. The Balaban J connectivity index is 2.15. The maximum absolute atomic E-state index is 10.9. The number of nitrogens with zero attached hydrogens (tertiary/aromatic N) is 2. The van der Waals surface area contributed by atoms with Crippen LogP contribution in [0.5, 0.6) is 0 Å². The second kappa shape index (κ2) is 5.25. The van der Waals surface area contributed by atoms with Crippen molar-refractivity contribution in [2.24, 2.45) is 5.73 Å². The van der Waals surface area contributed by atoms with Crippen LogP contribution < -0.4 is 5.73 Å². The van der Waals surface area contributed by atoms with E-state index in [0.29, 0.717) is 19.1 Å². The summed E-state index contributed by atoms with van der Waals surface area (Å²) < 4.78 is 0. The minimum absolute atomic E-state index is 0.204. The van der Waals surface area contributed by atoms with E-state index in [9.17, 15) is 10.1 Å². The number of hydrogen-bond acceptors (Lipinski definition) is 4. The van der Waals surface area contributed by atoms with Gasteiger partial charge < -0.3 is 5.73 Å². The average Bonchev–Trinajstić information content (AvgIpc) is 2.77. The molecule has 0 radical (unpaired) electrons. The summed E-state index contributed by atoms with van der Waals surface area (Å²) in [5.41, 5.74) is 6.68. The molecule has 1 aliphatic heterocycles. The standard InChI is InChI=1S/C12H17N3O2/c13-8-11-5-3-7-14(11)9-10-4-1-2-6-12(10)15(16)17/h1-2,4,6,11H,3,5,7-9,13H2. The molecule has 1 aromatic rings. The lowest BCUT2D eigenvalue weighted by Gasteiger charge is -2.22. The fourth-order valence-corrected chi connectivity index (χ4v) is 2.41. The van der Waals surface area contributed by atoms with Crippen molar-refractivity contribution in [3.05, 3.63) is 39.9 Å². The highest BCUT2D eigenvalue weighted by atomic mass is 16.6. The Hall–Kier alpha value is -1.46. The normalized spacial score (nSPS) is 20.6. The molecule has 17 heavy (non-hydrogen) atoms. The van der Waals surface area contributed by atoms with Crippen molar-refractivity contribution in [2.75, 3.05) is 13.1 Å². The van der Waals surface area contributed by atoms with Crippen molar-refractivity contribution in [3.8, 4) is 0 Å². The van der Waals surface area contributed by atoms with Crippen LogP contribution in [0.25, 0.3) is 0 Å². The molecule has 2 rings (SSSR count). The van der Waals surface area contributed by atoms with E-state index < -0.39 is 0 Å². The van der Waals surface area contributed by atoms with Gasteiger partial charge in [-0.1, -0.05) is 18.2 Å². The lowest BCUT2D eigenvalue weighted by Crippen LogP contribution is -2.34. The Morgan fingerprint density at radius 2 is 2.24 bits per heavy atom. The molecule has 1 heterocycles. The zero-order valence-electron chi connectivity index (χ0n) is 9.71. The fourth-order valence-electron chi connectivity index (χ4n) is 2.41. The maximum Gasteiger partial charge on any atom is 0.273 e. The minimum atomic E-state index is -0.317. The van der Waals surface area contributed by atoms with Gasteiger partial charge in [-0.2, -0.15) is 0 Å². The predicted molar refractivity (Wildman–Crippen MR) is 65.6 cm³/mol. The average molecular weight is 235 g/mol. The first-order chi connectivity index (χ1) is 8.22. The monoisotopic (exact) mass is 235 g/mol. The molecule has 0 spiro atoms. The molecule has 2 N–H and O–H groups in total. The lowest BCUT2D eigenvalue weighted by atomic mass is 10.1. The third-order valence-corrected chi connectivity index (χ3v) is 3.33. The van der Waals surface area contributed by atoms with E-state index in [2.05, 4.69) is 4.90 Å². The summed E-state index contributed by atoms with van der Waals surface area (Å²) in [5, 5.41) is 10.9. The van der Waals surface area contributed by atoms with Crippen molar-refractivity contribution in [1.29, 1.82) is 0 Å². The number of rotatable bonds is 4. The highest BCUT2D eigenvalue weighted by Crippen LogP contribution is 2.24. The van der Waals surface area contributed by atoms with Crippen LogP contribution in [-0.2, 0) is 6.54 Å². The Bertz CT molecular complexity index is 408. The summed E-state index contributed by atoms with van der Waals surface area (Å²) in [7, 11) is 0. The summed E-state index contributed by atoms with van der Waals surface area (Å²) in [6.45, 7) is 2.23. The molecule has 1 unspecified atom stereocenters. The summed E-state index contributed by atoms with van der Waals surface area (Å²) in [5.74, 6) is 0. The van der Waals surface area contributed by atoms with E-state index in [4.69, 9.17) is 5.73 Å². The van der Waals surface area contributed by atoms with Crippen molar-refractivity contribution in [1.82, 2.24) is 4.90 Å². The molecule has 0 aromatic heterocycles. The van der Waals surface area contributed by atoms with E-state index in [1.165, 1.54) is 0 Å². The van der Waals surface area contributed by atoms with Gasteiger partial charge in [0.15, 0.2) is 0 Å². The molecule has 0 bridgehead atoms. The molecule has 0 amide bonds. The molecule has 5 heteroatoms. The maximum atomic E-state index is 10.9. The number of likely N-dealkylation sites (tertiary alicyclic amines) is 1. The van der Waals surface area contributed by atoms with E-state index >= 15 is 0 Å². The van der Waals surface area contributed by atoms with Crippen LogP contribution in [0.3, 0.4) is 0 Å². The molecule has 1 aliphatic rings. The molecule has 1 fully saturated rings. The van der Waals surface area contributed by atoms with Crippen molar-refractivity contribution < 1.29 is 4.92 Å². The van der Waals surface area contributed by atoms with E-state index in [-0.39, 0.29) is 10.6 Å². The Morgan fingerprint density at radius 3 is 2.94 bits per heavy atom. The van der Waals surface area contributed by atoms with Crippen LogP contribution in [0.15, 0.2) is 24.3 Å². The first kappa shape index (κ1) is 12.0. The van der Waals surface area contributed by atoms with E-state index in [1.807, 2.05) is 12.1 Å². The lowest BCUT2D eigenvalue weighted by molar-refractivity contribution is -0.385. The molecule has 1 saturated heterocycles. The van der Waals surface area contributed by atoms with Crippen molar-refractivity contribution in [2.45, 2.75) is 25.4 Å². The third-order valence-electron chi connectivity index (χ3n) is 3.33. The van der Waals surface area contributed by atoms with Gasteiger partial charge in [-0.25, -0.2) is 0 Å². The Labute approximate surface area is 100 Å². The molecule has 0 saturated carbocycles. The summed E-state index contributed by atoms with van der Waals surface area (Å²) in [4.78, 5) is 12.8. The molecule has 1 atom stereocenters. The zero-order chi connectivity index (χ0) is 12.3. The van der Waals surface area contributed by atoms with Crippen LogP contribution in [-0.4, -0.2) is 29.0 Å². The van der Waals surface area contributed by atoms with Crippen LogP contribution in [0, 0.1) is 10.1 Å². The van der Waals surface area contributed by atoms with Crippen LogP contribution >= 0.6 is 0 Å². The number of hydrogen-bond donors (Lipinski definition) is 1. The largest absolute Gasteiger partial charge is 0.329 e. The van der Waals surface area contributed by atoms with Gasteiger partial charge in [-0.3, -0.25) is 15.0 Å². The SMILES string of the molecule is NCC1CCCN1Cc1ccccc1[N+](=O)[O-]. The topological polar surface area (TPSA) is 72.4 Å². The highest BCUT2D eigenvalue weighted by Gasteiger charge is 2.25. The second-order valence-electron chi connectivity index (χ2n) is 4.39. The highest BCUT2D eigenvalue weighted by molar-refractivity contribution is 5.39. The molecular weight excluding hydrogens is 218 g/mol. The summed E-state index contributed by atoms with van der Waals surface area (Å²) >= 11 is 0. The number of nitro groups is 1. The quantitative estimate of drug-likeness (QED) is 0.634. The molecule has 1 aromatic carbocycles. The van der Waals surface area contributed by atoms with E-state index in [0.717, 1.165) is 24.9 Å². The second-order valence-corrected chi connectivity index (χ2v) is 4.39. The molecule has 0 aliphatic carbocycles. The smallest absolute Gasteiger partial charge is 0.273 e. The molecule has 92 valence electrons. The number of para-hydroxylation sites is 1. The number of benzene rings is 1. The summed E-state index contributed by atoms with van der Waals surface area (Å²) in [6.07, 6.45) is 2.22. The molecular formula is C12H17N3O2. The van der Waals surface area contributed by atoms with Gasteiger partial charge >= 0.3 is 0 Å². The summed E-state index contributed by atoms with van der Waals surface area (Å²) in [6, 6.07) is 7.30. The van der Waals surface area contributed by atoms with Crippen molar-refractivity contribution in [3.63, 3.8) is 0 Å². The van der Waals surface area contributed by atoms with Gasteiger partial charge in [0.05, 0.1) is 4.92 Å². The number of nitro benzene ring substituents is 1. The number of nitrogens with two attached hydrogens (primary N) is 1. The van der Waals surface area contributed by atoms with Gasteiger partial charge in [0.2, 0.25) is 0 Å². The van der Waals surface area contributed by atoms with Crippen LogP contribution in [0.4, 0.5) is 5.69 Å². The van der Waals surface area contributed by atoms with Crippen molar-refractivity contribution >= 4 is 5.69 Å². The van der Waals surface area contributed by atoms with Gasteiger partial charge in [-0.05, 0) is 19.4 Å². The predicted octanol–water partition coefficient (Wildman–Crippen LogP) is 1.52. The first-order valence-corrected chi connectivity index (χ1v) is 5.89.